The van der Waals surface area contributed by atoms with Crippen LogP contribution in [0.1, 0.15) is 47.9 Å². The fourth-order valence-corrected chi connectivity index (χ4v) is 3.24. The first-order valence-corrected chi connectivity index (χ1v) is 7.49. The highest BCUT2D eigenvalue weighted by atomic mass is 19.4. The number of rotatable bonds is 3. The third kappa shape index (κ3) is 2.56. The van der Waals surface area contributed by atoms with Gasteiger partial charge in [0.25, 0.3) is 0 Å². The van der Waals surface area contributed by atoms with Gasteiger partial charge in [0, 0.05) is 5.92 Å². The van der Waals surface area contributed by atoms with Gasteiger partial charge >= 0.3 is 6.18 Å². The summed E-state index contributed by atoms with van der Waals surface area (Å²) in [7, 11) is 0. The molecule has 3 rings (SSSR count). The molecule has 0 N–H and O–H groups in total. The van der Waals surface area contributed by atoms with Crippen LogP contribution in [0.2, 0.25) is 0 Å². The van der Waals surface area contributed by atoms with E-state index in [0.29, 0.717) is 5.56 Å². The van der Waals surface area contributed by atoms with Crippen molar-refractivity contribution in [1.29, 1.82) is 0 Å². The molecule has 0 heterocycles. The van der Waals surface area contributed by atoms with E-state index < -0.39 is 11.7 Å². The van der Waals surface area contributed by atoms with Crippen molar-refractivity contribution in [2.75, 3.05) is 0 Å². The van der Waals surface area contributed by atoms with Crippen LogP contribution in [0.3, 0.4) is 0 Å². The second kappa shape index (κ2) is 5.64. The molecule has 1 atom stereocenters. The molecule has 0 spiro atoms. The first kappa shape index (κ1) is 14.9. The molecule has 1 aliphatic rings. The topological polar surface area (TPSA) is 0 Å². The summed E-state index contributed by atoms with van der Waals surface area (Å²) in [4.78, 5) is 0. The quantitative estimate of drug-likeness (QED) is 0.638. The molecule has 1 aliphatic carbocycles. The number of benzene rings is 2. The van der Waals surface area contributed by atoms with Gasteiger partial charge in [-0.05, 0) is 34.8 Å². The Balaban J connectivity index is 2.13. The van der Waals surface area contributed by atoms with E-state index in [0.717, 1.165) is 29.5 Å². The molecule has 0 saturated carbocycles. The van der Waals surface area contributed by atoms with Crippen LogP contribution in [0.4, 0.5) is 13.2 Å². The summed E-state index contributed by atoms with van der Waals surface area (Å²) >= 11 is 0. The van der Waals surface area contributed by atoms with Crippen LogP contribution in [-0.2, 0) is 6.18 Å². The van der Waals surface area contributed by atoms with Crippen LogP contribution in [0.5, 0.6) is 0 Å². The van der Waals surface area contributed by atoms with E-state index in [2.05, 4.69) is 6.92 Å². The minimum Gasteiger partial charge on any atom is -0.166 e. The highest BCUT2D eigenvalue weighted by molar-refractivity contribution is 5.92. The molecule has 0 radical (unpaired) electrons. The van der Waals surface area contributed by atoms with E-state index in [-0.39, 0.29) is 5.92 Å². The minimum atomic E-state index is -4.33. The van der Waals surface area contributed by atoms with E-state index in [1.54, 1.807) is 12.1 Å². The van der Waals surface area contributed by atoms with Gasteiger partial charge in [0.2, 0.25) is 0 Å². The Kier molecular flexibility index (Phi) is 3.81. The van der Waals surface area contributed by atoms with Crippen molar-refractivity contribution in [2.24, 2.45) is 0 Å². The van der Waals surface area contributed by atoms with E-state index in [1.807, 2.05) is 30.3 Å². The monoisotopic (exact) mass is 302 g/mol. The lowest BCUT2D eigenvalue weighted by atomic mass is 9.86. The van der Waals surface area contributed by atoms with Gasteiger partial charge in [-0.3, -0.25) is 0 Å². The summed E-state index contributed by atoms with van der Waals surface area (Å²) in [6.45, 7) is 2.06. The summed E-state index contributed by atoms with van der Waals surface area (Å²) in [5, 5.41) is 0. The molecule has 0 bridgehead atoms. The highest BCUT2D eigenvalue weighted by Crippen LogP contribution is 2.47. The molecule has 22 heavy (non-hydrogen) atoms. The molecule has 0 nitrogen and oxygen atoms in total. The van der Waals surface area contributed by atoms with E-state index >= 15 is 0 Å². The van der Waals surface area contributed by atoms with Crippen molar-refractivity contribution in [1.82, 2.24) is 0 Å². The third-order valence-corrected chi connectivity index (χ3v) is 4.18. The Morgan fingerprint density at radius 2 is 1.64 bits per heavy atom. The number of hydrogen-bond acceptors (Lipinski definition) is 0. The molecule has 0 amide bonds. The van der Waals surface area contributed by atoms with Crippen molar-refractivity contribution in [3.63, 3.8) is 0 Å². The van der Waals surface area contributed by atoms with Crippen molar-refractivity contribution < 1.29 is 13.2 Å². The van der Waals surface area contributed by atoms with Gasteiger partial charge in [-0.25, -0.2) is 0 Å². The molecule has 114 valence electrons. The standard InChI is InChI=1S/C19H17F3/c1-2-7-15-14-9-4-3-8-13(14)12-17(15)16-10-5-6-11-18(16)19(20,21)22/h3-6,8-12,15H,2,7H2,1H3. The molecular weight excluding hydrogens is 285 g/mol. The van der Waals surface area contributed by atoms with E-state index in [9.17, 15) is 13.2 Å². The van der Waals surface area contributed by atoms with Crippen LogP contribution in [-0.4, -0.2) is 0 Å². The maximum Gasteiger partial charge on any atom is 0.416 e. The predicted octanol–water partition coefficient (Wildman–Crippen LogP) is 6.14. The van der Waals surface area contributed by atoms with E-state index in [4.69, 9.17) is 0 Å². The predicted molar refractivity (Wildman–Crippen MR) is 83.4 cm³/mol. The third-order valence-electron chi connectivity index (χ3n) is 4.18. The Bertz CT molecular complexity index is 711. The summed E-state index contributed by atoms with van der Waals surface area (Å²) in [5.41, 5.74) is 2.72. The maximum absolute atomic E-state index is 13.3. The Labute approximate surface area is 128 Å². The molecule has 3 heteroatoms. The second-order valence-electron chi connectivity index (χ2n) is 5.61. The average Bonchev–Trinajstić information content (AvgIpc) is 2.86. The van der Waals surface area contributed by atoms with Gasteiger partial charge in [-0.15, -0.1) is 0 Å². The lowest BCUT2D eigenvalue weighted by Gasteiger charge is -2.20. The van der Waals surface area contributed by atoms with Crippen LogP contribution >= 0.6 is 0 Å². The van der Waals surface area contributed by atoms with Gasteiger partial charge < -0.3 is 0 Å². The van der Waals surface area contributed by atoms with Crippen molar-refractivity contribution >= 4 is 11.6 Å². The number of allylic oxidation sites excluding steroid dienone is 1. The van der Waals surface area contributed by atoms with Crippen molar-refractivity contribution in [2.45, 2.75) is 31.9 Å². The highest BCUT2D eigenvalue weighted by Gasteiger charge is 2.36. The molecule has 1 unspecified atom stereocenters. The van der Waals surface area contributed by atoms with Crippen LogP contribution < -0.4 is 0 Å². The lowest BCUT2D eigenvalue weighted by Crippen LogP contribution is -2.10. The van der Waals surface area contributed by atoms with Crippen molar-refractivity contribution in [3.8, 4) is 0 Å². The minimum absolute atomic E-state index is 0.0460. The molecule has 2 aromatic carbocycles. The van der Waals surface area contributed by atoms with Crippen molar-refractivity contribution in [3.05, 3.63) is 70.8 Å². The molecule has 0 aliphatic heterocycles. The normalized spacial score (nSPS) is 17.3. The average molecular weight is 302 g/mol. The molecule has 2 aromatic rings. The number of fused-ring (bicyclic) bond motifs is 1. The fourth-order valence-electron chi connectivity index (χ4n) is 3.24. The zero-order valence-corrected chi connectivity index (χ0v) is 12.3. The molecule has 0 saturated heterocycles. The second-order valence-corrected chi connectivity index (χ2v) is 5.61. The van der Waals surface area contributed by atoms with Gasteiger partial charge in [-0.1, -0.05) is 61.9 Å². The first-order chi connectivity index (χ1) is 10.5. The van der Waals surface area contributed by atoms with E-state index in [1.165, 1.54) is 12.1 Å². The Hall–Kier alpha value is -2.03. The molecule has 0 aromatic heterocycles. The summed E-state index contributed by atoms with van der Waals surface area (Å²) < 4.78 is 39.9. The Morgan fingerprint density at radius 1 is 0.955 bits per heavy atom. The van der Waals surface area contributed by atoms with Gasteiger partial charge in [0.05, 0.1) is 5.56 Å². The zero-order chi connectivity index (χ0) is 15.7. The summed E-state index contributed by atoms with van der Waals surface area (Å²) in [6, 6.07) is 13.8. The number of halogens is 3. The SMILES string of the molecule is CCCC1C(c2ccccc2C(F)(F)F)=Cc2ccccc21. The fraction of sp³-hybridized carbons (Fsp3) is 0.263. The van der Waals surface area contributed by atoms with Crippen LogP contribution in [0.25, 0.3) is 11.6 Å². The van der Waals surface area contributed by atoms with Crippen LogP contribution in [0.15, 0.2) is 48.5 Å². The van der Waals surface area contributed by atoms with Gasteiger partial charge in [0.15, 0.2) is 0 Å². The summed E-state index contributed by atoms with van der Waals surface area (Å²) in [5.74, 6) is 0.0460. The summed E-state index contributed by atoms with van der Waals surface area (Å²) in [6.07, 6.45) is -0.622. The zero-order valence-electron chi connectivity index (χ0n) is 12.3. The number of hydrogen-bond donors (Lipinski definition) is 0. The number of alkyl halides is 3. The van der Waals surface area contributed by atoms with Crippen LogP contribution in [0, 0.1) is 0 Å². The van der Waals surface area contributed by atoms with Gasteiger partial charge in [-0.2, -0.15) is 13.2 Å². The van der Waals surface area contributed by atoms with Gasteiger partial charge in [0.1, 0.15) is 0 Å². The lowest BCUT2D eigenvalue weighted by molar-refractivity contribution is -0.137. The Morgan fingerprint density at radius 3 is 2.36 bits per heavy atom. The first-order valence-electron chi connectivity index (χ1n) is 7.49. The molecule has 0 fully saturated rings. The molecular formula is C19H17F3. The smallest absolute Gasteiger partial charge is 0.166 e. The maximum atomic E-state index is 13.3. The largest absolute Gasteiger partial charge is 0.416 e.